The number of rotatable bonds is 6. The van der Waals surface area contributed by atoms with E-state index in [1.165, 1.54) is 33.4 Å². The Hall–Kier alpha value is -2.71. The van der Waals surface area contributed by atoms with E-state index in [1.807, 2.05) is 36.1 Å². The van der Waals surface area contributed by atoms with E-state index in [2.05, 4.69) is 46.7 Å². The largest absolute Gasteiger partial charge is 0.331 e. The fourth-order valence-corrected chi connectivity index (χ4v) is 4.46. The predicted octanol–water partition coefficient (Wildman–Crippen LogP) is 1.30. The summed E-state index contributed by atoms with van der Waals surface area (Å²) in [6.45, 7) is 8.77. The first-order valence-electron chi connectivity index (χ1n) is 10.2. The van der Waals surface area contributed by atoms with E-state index >= 15 is 0 Å². The number of amides is 1. The summed E-state index contributed by atoms with van der Waals surface area (Å²) in [4.78, 5) is 16.2. The van der Waals surface area contributed by atoms with Crippen molar-refractivity contribution < 1.29 is 9.69 Å². The van der Waals surface area contributed by atoms with Crippen molar-refractivity contribution in [1.29, 1.82) is 0 Å². The van der Waals surface area contributed by atoms with Crippen molar-refractivity contribution in [2.75, 3.05) is 31.9 Å². The molecule has 0 bridgehead atoms. The molecule has 0 spiro atoms. The number of nitrogens with zero attached hydrogens (tertiary/aromatic N) is 5. The molecule has 4 rings (SSSR count). The number of benzene rings is 2. The second-order valence-electron chi connectivity index (χ2n) is 7.73. The Labute approximate surface area is 181 Å². The quantitative estimate of drug-likeness (QED) is 0.606. The minimum Gasteiger partial charge on any atom is -0.331 e. The molecule has 2 aromatic carbocycles. The van der Waals surface area contributed by atoms with Gasteiger partial charge in [0.2, 0.25) is 11.1 Å². The highest BCUT2D eigenvalue weighted by Gasteiger charge is 2.24. The Morgan fingerprint density at radius 3 is 2.53 bits per heavy atom. The van der Waals surface area contributed by atoms with Crippen LogP contribution in [0.15, 0.2) is 53.7 Å². The Balaban J connectivity index is 1.28. The van der Waals surface area contributed by atoms with E-state index in [-0.39, 0.29) is 5.91 Å². The maximum absolute atomic E-state index is 12.7. The average Bonchev–Trinajstić information content (AvgIpc) is 3.23. The first-order valence-corrected chi connectivity index (χ1v) is 11.2. The molecular weight excluding hydrogens is 396 g/mol. The van der Waals surface area contributed by atoms with Gasteiger partial charge >= 0.3 is 0 Å². The third kappa shape index (κ3) is 4.88. The maximum Gasteiger partial charge on any atom is 0.233 e. The molecule has 1 aromatic heterocycles. The zero-order valence-corrected chi connectivity index (χ0v) is 18.2. The van der Waals surface area contributed by atoms with E-state index in [4.69, 9.17) is 0 Å². The van der Waals surface area contributed by atoms with Gasteiger partial charge in [0.15, 0.2) is 0 Å². The van der Waals surface area contributed by atoms with Crippen LogP contribution in [0, 0.1) is 13.8 Å². The molecule has 1 amide bonds. The summed E-state index contributed by atoms with van der Waals surface area (Å²) in [5.41, 5.74) is 4.81. The van der Waals surface area contributed by atoms with Crippen LogP contribution < -0.4 is 4.90 Å². The van der Waals surface area contributed by atoms with Crippen molar-refractivity contribution in [3.63, 3.8) is 0 Å². The smallest absolute Gasteiger partial charge is 0.233 e. The highest BCUT2D eigenvalue weighted by Crippen LogP contribution is 2.19. The minimum atomic E-state index is 0.147. The van der Waals surface area contributed by atoms with Gasteiger partial charge in [0.25, 0.3) is 0 Å². The highest BCUT2D eigenvalue weighted by atomic mass is 32.2. The Morgan fingerprint density at radius 1 is 1.07 bits per heavy atom. The van der Waals surface area contributed by atoms with Crippen LogP contribution in [-0.2, 0) is 11.3 Å². The van der Waals surface area contributed by atoms with Crippen LogP contribution in [0.1, 0.15) is 16.7 Å². The number of quaternary nitrogens is 1. The van der Waals surface area contributed by atoms with Crippen molar-refractivity contribution in [2.45, 2.75) is 25.5 Å². The first-order chi connectivity index (χ1) is 14.6. The van der Waals surface area contributed by atoms with Crippen molar-refractivity contribution >= 4 is 17.7 Å². The summed E-state index contributed by atoms with van der Waals surface area (Å²) in [6.07, 6.45) is 0. The Morgan fingerprint density at radius 2 is 1.80 bits per heavy atom. The molecule has 1 fully saturated rings. The zero-order valence-electron chi connectivity index (χ0n) is 17.4. The Kier molecular flexibility index (Phi) is 6.44. The first kappa shape index (κ1) is 20.6. The summed E-state index contributed by atoms with van der Waals surface area (Å²) in [7, 11) is 0. The number of hydrogen-bond donors (Lipinski definition) is 1. The molecule has 2 heterocycles. The standard InChI is InChI=1S/C22H26N6OS/c1-17-7-9-20(10-8-17)28-22(23-24-25-28)30-16-21(29)27-13-11-26(12-14-27)15-19-6-4-3-5-18(19)2/h3-10H,11-16H2,1-2H3/p+1. The van der Waals surface area contributed by atoms with E-state index in [9.17, 15) is 4.79 Å². The molecule has 0 atom stereocenters. The van der Waals surface area contributed by atoms with Crippen molar-refractivity contribution in [1.82, 2.24) is 25.1 Å². The number of nitrogens with one attached hydrogen (secondary N) is 1. The van der Waals surface area contributed by atoms with Crippen LogP contribution in [0.3, 0.4) is 0 Å². The lowest BCUT2D eigenvalue weighted by atomic mass is 10.1. The van der Waals surface area contributed by atoms with E-state index in [0.29, 0.717) is 10.9 Å². The molecule has 8 heteroatoms. The topological polar surface area (TPSA) is 68.4 Å². The van der Waals surface area contributed by atoms with Gasteiger partial charge in [-0.15, -0.1) is 5.10 Å². The van der Waals surface area contributed by atoms with Gasteiger partial charge in [-0.3, -0.25) is 4.79 Å². The maximum atomic E-state index is 12.7. The molecule has 0 radical (unpaired) electrons. The molecule has 1 aliphatic rings. The second kappa shape index (κ2) is 9.40. The molecule has 1 saturated heterocycles. The fraction of sp³-hybridized carbons (Fsp3) is 0.364. The summed E-state index contributed by atoms with van der Waals surface area (Å²) in [5.74, 6) is 0.493. The van der Waals surface area contributed by atoms with E-state index < -0.39 is 0 Å². The monoisotopic (exact) mass is 423 g/mol. The number of aryl methyl sites for hydroxylation is 2. The molecule has 0 saturated carbocycles. The number of piperazine rings is 1. The van der Waals surface area contributed by atoms with Crippen LogP contribution in [0.4, 0.5) is 0 Å². The van der Waals surface area contributed by atoms with Crippen LogP contribution >= 0.6 is 11.8 Å². The van der Waals surface area contributed by atoms with Crippen molar-refractivity contribution in [2.24, 2.45) is 0 Å². The third-order valence-electron chi connectivity index (χ3n) is 5.57. The summed E-state index contributed by atoms with van der Waals surface area (Å²) in [6, 6.07) is 16.6. The average molecular weight is 424 g/mol. The van der Waals surface area contributed by atoms with Gasteiger partial charge in [-0.25, -0.2) is 0 Å². The van der Waals surface area contributed by atoms with Crippen LogP contribution in [0.25, 0.3) is 5.69 Å². The lowest BCUT2D eigenvalue weighted by Gasteiger charge is -2.32. The van der Waals surface area contributed by atoms with E-state index in [0.717, 1.165) is 38.4 Å². The van der Waals surface area contributed by atoms with Gasteiger partial charge < -0.3 is 9.80 Å². The molecule has 7 nitrogen and oxygen atoms in total. The van der Waals surface area contributed by atoms with Crippen molar-refractivity contribution in [3.8, 4) is 5.69 Å². The van der Waals surface area contributed by atoms with Crippen LogP contribution in [-0.4, -0.2) is 62.9 Å². The molecule has 30 heavy (non-hydrogen) atoms. The SMILES string of the molecule is Cc1ccc(-n2nnnc2SCC(=O)N2CC[NH+](Cc3ccccc3C)CC2)cc1. The number of aromatic nitrogens is 4. The van der Waals surface area contributed by atoms with Gasteiger partial charge in [-0.1, -0.05) is 53.7 Å². The molecule has 0 unspecified atom stereocenters. The molecule has 3 aromatic rings. The van der Waals surface area contributed by atoms with Crippen LogP contribution in [0.5, 0.6) is 0 Å². The summed E-state index contributed by atoms with van der Waals surface area (Å²) in [5, 5.41) is 12.6. The fourth-order valence-electron chi connectivity index (χ4n) is 3.66. The molecule has 1 aliphatic heterocycles. The van der Waals surface area contributed by atoms with Crippen molar-refractivity contribution in [3.05, 3.63) is 65.2 Å². The number of carbonyl (C=O) groups is 1. The molecule has 1 N–H and O–H groups in total. The van der Waals surface area contributed by atoms with Gasteiger partial charge in [0.05, 0.1) is 37.6 Å². The lowest BCUT2D eigenvalue weighted by molar-refractivity contribution is -0.917. The van der Waals surface area contributed by atoms with Gasteiger partial charge in [-0.05, 0) is 42.0 Å². The molecular formula is C22H27N6OS+. The number of tetrazole rings is 1. The zero-order chi connectivity index (χ0) is 20.9. The number of hydrogen-bond acceptors (Lipinski definition) is 5. The molecule has 156 valence electrons. The lowest BCUT2D eigenvalue weighted by Crippen LogP contribution is -3.13. The van der Waals surface area contributed by atoms with Gasteiger partial charge in [-0.2, -0.15) is 4.68 Å². The van der Waals surface area contributed by atoms with E-state index in [1.54, 1.807) is 4.68 Å². The third-order valence-corrected chi connectivity index (χ3v) is 6.47. The number of carbonyl (C=O) groups excluding carboxylic acids is 1. The molecule has 0 aliphatic carbocycles. The Bertz CT molecular complexity index is 995. The van der Waals surface area contributed by atoms with Crippen LogP contribution in [0.2, 0.25) is 0 Å². The highest BCUT2D eigenvalue weighted by molar-refractivity contribution is 7.99. The predicted molar refractivity (Wildman–Crippen MR) is 117 cm³/mol. The summed E-state index contributed by atoms with van der Waals surface area (Å²) >= 11 is 1.39. The minimum absolute atomic E-state index is 0.147. The van der Waals surface area contributed by atoms with Gasteiger partial charge in [0.1, 0.15) is 6.54 Å². The normalized spacial score (nSPS) is 14.8. The summed E-state index contributed by atoms with van der Waals surface area (Å²) < 4.78 is 1.68. The van der Waals surface area contributed by atoms with Gasteiger partial charge in [0, 0.05) is 5.56 Å². The number of thioether (sulfide) groups is 1. The second-order valence-corrected chi connectivity index (χ2v) is 8.67.